The lowest BCUT2D eigenvalue weighted by molar-refractivity contribution is 0.0485. The first-order valence-corrected chi connectivity index (χ1v) is 6.03. The van der Waals surface area contributed by atoms with Gasteiger partial charge in [0.1, 0.15) is 6.29 Å². The van der Waals surface area contributed by atoms with Crippen LogP contribution < -0.4 is 9.47 Å². The van der Waals surface area contributed by atoms with Crippen LogP contribution in [0.15, 0.2) is 23.8 Å². The molecule has 0 aliphatic rings. The van der Waals surface area contributed by atoms with Crippen molar-refractivity contribution in [1.82, 2.24) is 0 Å². The topological polar surface area (TPSA) is 44.8 Å². The van der Waals surface area contributed by atoms with E-state index < -0.39 is 0 Å². The van der Waals surface area contributed by atoms with E-state index in [1.165, 1.54) is 5.57 Å². The average Bonchev–Trinajstić information content (AvgIpc) is 2.42. The van der Waals surface area contributed by atoms with Gasteiger partial charge in [0.2, 0.25) is 0 Å². The van der Waals surface area contributed by atoms with Crippen molar-refractivity contribution in [2.24, 2.45) is 0 Å². The van der Waals surface area contributed by atoms with Crippen LogP contribution in [0.5, 0.6) is 11.5 Å². The van der Waals surface area contributed by atoms with Crippen molar-refractivity contribution < 1.29 is 19.0 Å². The first-order chi connectivity index (χ1) is 9.12. The molecule has 0 aromatic heterocycles. The molecule has 1 rings (SSSR count). The fourth-order valence-corrected chi connectivity index (χ4v) is 1.65. The minimum Gasteiger partial charge on any atom is -0.493 e. The molecule has 1 aromatic carbocycles. The summed E-state index contributed by atoms with van der Waals surface area (Å²) in [6, 6.07) is 3.46. The summed E-state index contributed by atoms with van der Waals surface area (Å²) >= 11 is 0. The Balaban J connectivity index is 3.19. The van der Waals surface area contributed by atoms with Gasteiger partial charge in [-0.2, -0.15) is 0 Å². The summed E-state index contributed by atoms with van der Waals surface area (Å²) in [5.41, 5.74) is 2.67. The summed E-state index contributed by atoms with van der Waals surface area (Å²) in [7, 11) is 3.11. The standard InChI is InChI=1S/C15H20O4/c1-11(2)5-6-13-7-12(9-16)8-14(18-4)15(13)19-10-17-3/h5,7-9H,6,10H2,1-4H3. The minimum absolute atomic E-state index is 0.138. The van der Waals surface area contributed by atoms with Crippen LogP contribution in [0.3, 0.4) is 0 Å². The van der Waals surface area contributed by atoms with Gasteiger partial charge in [-0.05, 0) is 32.4 Å². The lowest BCUT2D eigenvalue weighted by atomic mass is 10.0. The Morgan fingerprint density at radius 2 is 2.00 bits per heavy atom. The minimum atomic E-state index is 0.138. The van der Waals surface area contributed by atoms with Crippen molar-refractivity contribution in [2.45, 2.75) is 20.3 Å². The second-order valence-electron chi connectivity index (χ2n) is 4.37. The molecule has 0 bridgehead atoms. The lowest BCUT2D eigenvalue weighted by Crippen LogP contribution is -2.04. The molecule has 0 atom stereocenters. The smallest absolute Gasteiger partial charge is 0.188 e. The van der Waals surface area contributed by atoms with E-state index in [0.29, 0.717) is 23.5 Å². The normalized spacial score (nSPS) is 9.89. The van der Waals surface area contributed by atoms with E-state index in [1.807, 2.05) is 13.8 Å². The molecule has 19 heavy (non-hydrogen) atoms. The first-order valence-electron chi connectivity index (χ1n) is 6.03. The van der Waals surface area contributed by atoms with Crippen LogP contribution in [0.1, 0.15) is 29.8 Å². The van der Waals surface area contributed by atoms with Gasteiger partial charge in [-0.25, -0.2) is 0 Å². The average molecular weight is 264 g/mol. The van der Waals surface area contributed by atoms with Gasteiger partial charge < -0.3 is 14.2 Å². The predicted molar refractivity (Wildman–Crippen MR) is 74.0 cm³/mol. The molecule has 0 aliphatic carbocycles. The van der Waals surface area contributed by atoms with E-state index in [-0.39, 0.29) is 6.79 Å². The number of benzene rings is 1. The summed E-state index contributed by atoms with van der Waals surface area (Å²) in [5.74, 6) is 1.16. The van der Waals surface area contributed by atoms with Crippen molar-refractivity contribution >= 4 is 6.29 Å². The molecular weight excluding hydrogens is 244 g/mol. The zero-order chi connectivity index (χ0) is 14.3. The molecule has 0 aliphatic heterocycles. The van der Waals surface area contributed by atoms with Crippen LogP contribution in [0.4, 0.5) is 0 Å². The van der Waals surface area contributed by atoms with Crippen LogP contribution in [0.25, 0.3) is 0 Å². The molecule has 4 nitrogen and oxygen atoms in total. The quantitative estimate of drug-likeness (QED) is 0.431. The van der Waals surface area contributed by atoms with E-state index >= 15 is 0 Å². The van der Waals surface area contributed by atoms with Gasteiger partial charge >= 0.3 is 0 Å². The Morgan fingerprint density at radius 3 is 2.53 bits per heavy atom. The highest BCUT2D eigenvalue weighted by atomic mass is 16.7. The van der Waals surface area contributed by atoms with Gasteiger partial charge in [0, 0.05) is 18.2 Å². The fourth-order valence-electron chi connectivity index (χ4n) is 1.65. The number of rotatable bonds is 7. The van der Waals surface area contributed by atoms with E-state index in [2.05, 4.69) is 6.08 Å². The highest BCUT2D eigenvalue weighted by Crippen LogP contribution is 2.33. The summed E-state index contributed by atoms with van der Waals surface area (Å²) in [6.45, 7) is 4.19. The number of aldehydes is 1. The van der Waals surface area contributed by atoms with E-state index in [4.69, 9.17) is 14.2 Å². The van der Waals surface area contributed by atoms with Crippen LogP contribution >= 0.6 is 0 Å². The monoisotopic (exact) mass is 264 g/mol. The van der Waals surface area contributed by atoms with Crippen LogP contribution in [0.2, 0.25) is 0 Å². The molecule has 0 unspecified atom stereocenters. The molecule has 0 heterocycles. The SMILES string of the molecule is COCOc1c(CC=C(C)C)cc(C=O)cc1OC. The number of carbonyl (C=O) groups is 1. The fraction of sp³-hybridized carbons (Fsp3) is 0.400. The Labute approximate surface area is 114 Å². The number of methoxy groups -OCH3 is 2. The van der Waals surface area contributed by atoms with E-state index in [9.17, 15) is 4.79 Å². The van der Waals surface area contributed by atoms with Gasteiger partial charge in [-0.15, -0.1) is 0 Å². The molecule has 4 heteroatoms. The molecule has 0 fully saturated rings. The Kier molecular flexibility index (Phi) is 6.09. The summed E-state index contributed by atoms with van der Waals surface area (Å²) in [4.78, 5) is 11.0. The number of allylic oxidation sites excluding steroid dienone is 2. The Hall–Kier alpha value is -1.81. The molecule has 0 N–H and O–H groups in total. The molecule has 104 valence electrons. The van der Waals surface area contributed by atoms with Crippen LogP contribution in [-0.4, -0.2) is 27.3 Å². The number of hydrogen-bond acceptors (Lipinski definition) is 4. The Bertz CT molecular complexity index is 459. The van der Waals surface area contributed by atoms with Crippen molar-refractivity contribution in [1.29, 1.82) is 0 Å². The van der Waals surface area contributed by atoms with Gasteiger partial charge in [-0.1, -0.05) is 11.6 Å². The van der Waals surface area contributed by atoms with Crippen molar-refractivity contribution in [3.05, 3.63) is 34.9 Å². The number of carbonyl (C=O) groups excluding carboxylic acids is 1. The molecule has 0 amide bonds. The largest absolute Gasteiger partial charge is 0.493 e. The third-order valence-corrected chi connectivity index (χ3v) is 2.56. The number of hydrogen-bond donors (Lipinski definition) is 0. The van der Waals surface area contributed by atoms with Crippen molar-refractivity contribution in [3.8, 4) is 11.5 Å². The van der Waals surface area contributed by atoms with Crippen LogP contribution in [-0.2, 0) is 11.2 Å². The second-order valence-corrected chi connectivity index (χ2v) is 4.37. The lowest BCUT2D eigenvalue weighted by Gasteiger charge is -2.14. The third kappa shape index (κ3) is 4.41. The second kappa shape index (κ2) is 7.59. The molecule has 0 radical (unpaired) electrons. The van der Waals surface area contributed by atoms with Crippen molar-refractivity contribution in [2.75, 3.05) is 21.0 Å². The zero-order valence-electron chi connectivity index (χ0n) is 11.9. The molecule has 0 saturated heterocycles. The van der Waals surface area contributed by atoms with Crippen molar-refractivity contribution in [3.63, 3.8) is 0 Å². The molecule has 0 spiro atoms. The summed E-state index contributed by atoms with van der Waals surface area (Å²) in [6.07, 6.45) is 3.55. The Morgan fingerprint density at radius 1 is 1.26 bits per heavy atom. The molecule has 1 aromatic rings. The highest BCUT2D eigenvalue weighted by molar-refractivity contribution is 5.77. The summed E-state index contributed by atoms with van der Waals surface area (Å²) < 4.78 is 15.7. The van der Waals surface area contributed by atoms with Gasteiger partial charge in [-0.3, -0.25) is 4.79 Å². The number of ether oxygens (including phenoxy) is 3. The maximum Gasteiger partial charge on any atom is 0.188 e. The molecular formula is C15H20O4. The first kappa shape index (κ1) is 15.2. The van der Waals surface area contributed by atoms with E-state index in [1.54, 1.807) is 26.4 Å². The van der Waals surface area contributed by atoms with E-state index in [0.717, 1.165) is 11.8 Å². The van der Waals surface area contributed by atoms with Crippen LogP contribution in [0, 0.1) is 0 Å². The highest BCUT2D eigenvalue weighted by Gasteiger charge is 2.12. The zero-order valence-corrected chi connectivity index (χ0v) is 11.9. The molecule has 0 saturated carbocycles. The summed E-state index contributed by atoms with van der Waals surface area (Å²) in [5, 5.41) is 0. The maximum atomic E-state index is 11.0. The predicted octanol–water partition coefficient (Wildman–Crippen LogP) is 3.00. The van der Waals surface area contributed by atoms with Gasteiger partial charge in [0.25, 0.3) is 0 Å². The maximum absolute atomic E-state index is 11.0. The third-order valence-electron chi connectivity index (χ3n) is 2.56. The van der Waals surface area contributed by atoms with Gasteiger partial charge in [0.15, 0.2) is 18.3 Å². The van der Waals surface area contributed by atoms with Gasteiger partial charge in [0.05, 0.1) is 7.11 Å².